The second-order valence-electron chi connectivity index (χ2n) is 8.36. The summed E-state index contributed by atoms with van der Waals surface area (Å²) < 4.78 is 0. The lowest BCUT2D eigenvalue weighted by molar-refractivity contribution is -0.124. The molecule has 0 spiro atoms. The predicted molar refractivity (Wildman–Crippen MR) is 114 cm³/mol. The van der Waals surface area contributed by atoms with Crippen LogP contribution in [0.5, 0.6) is 0 Å². The Balaban J connectivity index is 1.38. The zero-order valence-electron chi connectivity index (χ0n) is 16.9. The maximum Gasteiger partial charge on any atom is 0.231 e. The lowest BCUT2D eigenvalue weighted by Crippen LogP contribution is -2.41. The minimum atomic E-state index is -0.457. The van der Waals surface area contributed by atoms with Crippen molar-refractivity contribution in [1.29, 1.82) is 0 Å². The third kappa shape index (κ3) is 3.73. The van der Waals surface area contributed by atoms with Crippen molar-refractivity contribution in [2.24, 2.45) is 0 Å². The Morgan fingerprint density at radius 2 is 1.90 bits per heavy atom. The van der Waals surface area contributed by atoms with Gasteiger partial charge in [0.1, 0.15) is 0 Å². The summed E-state index contributed by atoms with van der Waals surface area (Å²) >= 11 is 0. The highest BCUT2D eigenvalue weighted by atomic mass is 16.2. The summed E-state index contributed by atoms with van der Waals surface area (Å²) in [4.78, 5) is 16.0. The van der Waals surface area contributed by atoms with Crippen molar-refractivity contribution in [3.8, 4) is 11.4 Å². The van der Waals surface area contributed by atoms with Crippen LogP contribution in [0, 0.1) is 0 Å². The van der Waals surface area contributed by atoms with Crippen molar-refractivity contribution < 1.29 is 4.79 Å². The molecule has 154 valence electrons. The Kier molecular flexibility index (Phi) is 5.04. The number of hydrogen-bond acceptors (Lipinski definition) is 5. The highest BCUT2D eigenvalue weighted by molar-refractivity contribution is 5.92. The molecule has 7 heteroatoms. The van der Waals surface area contributed by atoms with Gasteiger partial charge in [-0.25, -0.2) is 5.10 Å². The number of likely N-dealkylation sites (tertiary alicyclic amines) is 1. The predicted octanol–water partition coefficient (Wildman–Crippen LogP) is 2.85. The second kappa shape index (κ2) is 7.99. The van der Waals surface area contributed by atoms with E-state index in [4.69, 9.17) is 0 Å². The molecule has 0 radical (unpaired) electrons. The molecule has 1 amide bonds. The molecule has 5 rings (SSSR count). The van der Waals surface area contributed by atoms with Gasteiger partial charge in [-0.3, -0.25) is 4.79 Å². The standard InChI is InChI=1S/C23H26N6O/c30-22(24-20(16-29-13-4-5-14-29)17-7-2-1-3-8-17)23(11-12-23)19-10-6-9-18(15-19)21-25-27-28-26-21/h1-3,6-10,15,20H,4-5,11-14,16H2,(H,24,30)(H,25,26,27,28)/t20-/m1/s1. The van der Waals surface area contributed by atoms with Gasteiger partial charge < -0.3 is 10.2 Å². The average molecular weight is 403 g/mol. The van der Waals surface area contributed by atoms with E-state index in [-0.39, 0.29) is 11.9 Å². The smallest absolute Gasteiger partial charge is 0.231 e. The van der Waals surface area contributed by atoms with Crippen molar-refractivity contribution in [3.05, 3.63) is 65.7 Å². The molecule has 1 aromatic heterocycles. The Morgan fingerprint density at radius 1 is 1.10 bits per heavy atom. The maximum atomic E-state index is 13.5. The number of aromatic amines is 1. The number of aromatic nitrogens is 4. The molecule has 2 aliphatic rings. The fourth-order valence-corrected chi connectivity index (χ4v) is 4.46. The first kappa shape index (κ1) is 18.9. The first-order valence-electron chi connectivity index (χ1n) is 10.7. The van der Waals surface area contributed by atoms with Crippen molar-refractivity contribution >= 4 is 5.91 Å². The van der Waals surface area contributed by atoms with E-state index >= 15 is 0 Å². The lowest BCUT2D eigenvalue weighted by Gasteiger charge is -2.27. The van der Waals surface area contributed by atoms with Crippen LogP contribution in [0.25, 0.3) is 11.4 Å². The van der Waals surface area contributed by atoms with Crippen LogP contribution in [0.4, 0.5) is 0 Å². The summed E-state index contributed by atoms with van der Waals surface area (Å²) in [6, 6.07) is 18.3. The summed E-state index contributed by atoms with van der Waals surface area (Å²) in [5.41, 5.74) is 2.63. The Labute approximate surface area is 175 Å². The highest BCUT2D eigenvalue weighted by Crippen LogP contribution is 2.49. The van der Waals surface area contributed by atoms with Crippen LogP contribution >= 0.6 is 0 Å². The fraction of sp³-hybridized carbons (Fsp3) is 0.391. The molecule has 2 fully saturated rings. The molecular weight excluding hydrogens is 376 g/mol. The first-order valence-corrected chi connectivity index (χ1v) is 10.7. The molecule has 1 saturated carbocycles. The molecule has 1 aliphatic carbocycles. The molecule has 2 aromatic carbocycles. The van der Waals surface area contributed by atoms with E-state index in [9.17, 15) is 4.79 Å². The lowest BCUT2D eigenvalue weighted by atomic mass is 9.92. The van der Waals surface area contributed by atoms with Gasteiger partial charge in [-0.05, 0) is 66.4 Å². The zero-order valence-corrected chi connectivity index (χ0v) is 16.9. The minimum Gasteiger partial charge on any atom is -0.347 e. The van der Waals surface area contributed by atoms with E-state index < -0.39 is 5.41 Å². The fourth-order valence-electron chi connectivity index (χ4n) is 4.46. The Bertz CT molecular complexity index is 994. The monoisotopic (exact) mass is 402 g/mol. The maximum absolute atomic E-state index is 13.5. The number of carbonyl (C=O) groups is 1. The van der Waals surface area contributed by atoms with Gasteiger partial charge in [0.25, 0.3) is 0 Å². The first-order chi connectivity index (χ1) is 14.7. The van der Waals surface area contributed by atoms with E-state index in [0.29, 0.717) is 5.82 Å². The summed E-state index contributed by atoms with van der Waals surface area (Å²) in [6.45, 7) is 3.07. The molecule has 1 saturated heterocycles. The molecule has 2 heterocycles. The van der Waals surface area contributed by atoms with Gasteiger partial charge in [-0.15, -0.1) is 5.10 Å². The molecule has 0 unspecified atom stereocenters. The number of rotatable bonds is 7. The van der Waals surface area contributed by atoms with Crippen LogP contribution in [0.3, 0.4) is 0 Å². The van der Waals surface area contributed by atoms with Crippen LogP contribution in [0.1, 0.15) is 42.9 Å². The van der Waals surface area contributed by atoms with Crippen LogP contribution in [-0.2, 0) is 10.2 Å². The van der Waals surface area contributed by atoms with E-state index in [1.807, 2.05) is 42.5 Å². The Morgan fingerprint density at radius 3 is 2.60 bits per heavy atom. The molecule has 1 aliphatic heterocycles. The third-order valence-electron chi connectivity index (χ3n) is 6.37. The number of nitrogens with one attached hydrogen (secondary N) is 2. The summed E-state index contributed by atoms with van der Waals surface area (Å²) in [5.74, 6) is 0.729. The van der Waals surface area contributed by atoms with Crippen LogP contribution in [0.15, 0.2) is 54.6 Å². The van der Waals surface area contributed by atoms with E-state index in [0.717, 1.165) is 49.2 Å². The van der Waals surface area contributed by atoms with Crippen molar-refractivity contribution in [3.63, 3.8) is 0 Å². The summed E-state index contributed by atoms with van der Waals surface area (Å²) in [7, 11) is 0. The van der Waals surface area contributed by atoms with E-state index in [1.54, 1.807) is 0 Å². The average Bonchev–Trinajstić information content (AvgIpc) is 3.16. The van der Waals surface area contributed by atoms with E-state index in [2.05, 4.69) is 43.0 Å². The van der Waals surface area contributed by atoms with Gasteiger partial charge in [0.2, 0.25) is 5.91 Å². The Hall–Kier alpha value is -3.06. The van der Waals surface area contributed by atoms with Crippen molar-refractivity contribution in [2.75, 3.05) is 19.6 Å². The number of benzene rings is 2. The number of H-pyrrole nitrogens is 1. The number of carbonyl (C=O) groups excluding carboxylic acids is 1. The molecule has 0 bridgehead atoms. The van der Waals surface area contributed by atoms with Gasteiger partial charge >= 0.3 is 0 Å². The molecule has 3 aromatic rings. The van der Waals surface area contributed by atoms with Gasteiger partial charge in [0, 0.05) is 12.1 Å². The molecule has 2 N–H and O–H groups in total. The molecule has 30 heavy (non-hydrogen) atoms. The minimum absolute atomic E-state index is 0.00377. The number of nitrogens with zero attached hydrogens (tertiary/aromatic N) is 4. The SMILES string of the molecule is O=C(N[C@H](CN1CCCC1)c1ccccc1)C1(c2cccc(-c3nnn[nH]3)c2)CC1. The zero-order chi connectivity index (χ0) is 20.4. The molecule has 7 nitrogen and oxygen atoms in total. The quantitative estimate of drug-likeness (QED) is 0.635. The summed E-state index contributed by atoms with van der Waals surface area (Å²) in [6.07, 6.45) is 4.20. The van der Waals surface area contributed by atoms with Crippen LogP contribution < -0.4 is 5.32 Å². The van der Waals surface area contributed by atoms with Gasteiger partial charge in [0.15, 0.2) is 5.82 Å². The van der Waals surface area contributed by atoms with Gasteiger partial charge in [0.05, 0.1) is 11.5 Å². The van der Waals surface area contributed by atoms with Crippen molar-refractivity contribution in [1.82, 2.24) is 30.8 Å². The van der Waals surface area contributed by atoms with Crippen LogP contribution in [-0.4, -0.2) is 51.1 Å². The number of amides is 1. The normalized spacial score (nSPS) is 18.8. The van der Waals surface area contributed by atoms with Gasteiger partial charge in [-0.2, -0.15) is 0 Å². The number of tetrazole rings is 1. The van der Waals surface area contributed by atoms with Gasteiger partial charge in [-0.1, -0.05) is 48.5 Å². The molecule has 1 atom stereocenters. The summed E-state index contributed by atoms with van der Waals surface area (Å²) in [5, 5.41) is 17.5. The van der Waals surface area contributed by atoms with E-state index in [1.165, 1.54) is 12.8 Å². The van der Waals surface area contributed by atoms with Crippen molar-refractivity contribution in [2.45, 2.75) is 37.1 Å². The topological polar surface area (TPSA) is 86.8 Å². The van der Waals surface area contributed by atoms with Crippen LogP contribution in [0.2, 0.25) is 0 Å². The largest absolute Gasteiger partial charge is 0.347 e. The number of hydrogen-bond donors (Lipinski definition) is 2. The highest BCUT2D eigenvalue weighted by Gasteiger charge is 2.51. The molecular formula is C23H26N6O. The second-order valence-corrected chi connectivity index (χ2v) is 8.36. The third-order valence-corrected chi connectivity index (χ3v) is 6.37.